The van der Waals surface area contributed by atoms with Crippen molar-refractivity contribution in [3.05, 3.63) is 53.6 Å². The lowest BCUT2D eigenvalue weighted by molar-refractivity contribution is -0.119. The van der Waals surface area contributed by atoms with Crippen molar-refractivity contribution in [1.82, 2.24) is 0 Å². The number of nitrogens with two attached hydrogens (primary N) is 1. The molecule has 25 heavy (non-hydrogen) atoms. The van der Waals surface area contributed by atoms with Crippen LogP contribution in [0.4, 0.5) is 17.1 Å². The first-order valence-corrected chi connectivity index (χ1v) is 9.20. The fraction of sp³-hybridized carbons (Fsp3) is 0.381. The van der Waals surface area contributed by atoms with E-state index in [1.807, 2.05) is 30.0 Å². The van der Waals surface area contributed by atoms with E-state index >= 15 is 0 Å². The zero-order chi connectivity index (χ0) is 17.4. The molecule has 0 saturated carbocycles. The maximum absolute atomic E-state index is 13.3. The molecule has 130 valence electrons. The highest BCUT2D eigenvalue weighted by Gasteiger charge is 2.32. The lowest BCUT2D eigenvalue weighted by atomic mass is 9.97. The first-order valence-electron chi connectivity index (χ1n) is 9.20. The summed E-state index contributed by atoms with van der Waals surface area (Å²) < 4.78 is 0. The van der Waals surface area contributed by atoms with E-state index in [0.717, 1.165) is 55.8 Å². The van der Waals surface area contributed by atoms with Gasteiger partial charge in [0.15, 0.2) is 0 Å². The Morgan fingerprint density at radius 1 is 1.00 bits per heavy atom. The molecule has 1 atom stereocenters. The van der Waals surface area contributed by atoms with Crippen LogP contribution in [0.5, 0.6) is 0 Å². The molecule has 4 heteroatoms. The number of nitrogen functional groups attached to an aromatic ring is 1. The van der Waals surface area contributed by atoms with E-state index in [1.54, 1.807) is 0 Å². The van der Waals surface area contributed by atoms with Crippen molar-refractivity contribution in [3.63, 3.8) is 0 Å². The molecule has 4 rings (SSSR count). The molecule has 2 N–H and O–H groups in total. The van der Waals surface area contributed by atoms with E-state index in [-0.39, 0.29) is 11.9 Å². The number of rotatable bonds is 2. The van der Waals surface area contributed by atoms with Gasteiger partial charge >= 0.3 is 0 Å². The molecule has 1 amide bonds. The van der Waals surface area contributed by atoms with Crippen molar-refractivity contribution in [3.8, 4) is 0 Å². The fourth-order valence-electron chi connectivity index (χ4n) is 4.20. The molecule has 2 aromatic carbocycles. The predicted molar refractivity (Wildman–Crippen MR) is 103 cm³/mol. The third-order valence-corrected chi connectivity index (χ3v) is 5.52. The van der Waals surface area contributed by atoms with Gasteiger partial charge in [-0.2, -0.15) is 0 Å². The minimum Gasteiger partial charge on any atom is -0.398 e. The highest BCUT2D eigenvalue weighted by atomic mass is 16.2. The summed E-state index contributed by atoms with van der Waals surface area (Å²) in [5.41, 5.74) is 11.7. The summed E-state index contributed by atoms with van der Waals surface area (Å²) in [5.74, 6) is 0.183. The third-order valence-electron chi connectivity index (χ3n) is 5.52. The maximum atomic E-state index is 13.3. The van der Waals surface area contributed by atoms with E-state index in [2.05, 4.69) is 29.2 Å². The fourth-order valence-corrected chi connectivity index (χ4v) is 4.20. The van der Waals surface area contributed by atoms with Crippen molar-refractivity contribution >= 4 is 23.0 Å². The summed E-state index contributed by atoms with van der Waals surface area (Å²) in [6.07, 6.45) is 4.11. The Hall–Kier alpha value is -2.49. The maximum Gasteiger partial charge on any atom is 0.249 e. The van der Waals surface area contributed by atoms with Crippen LogP contribution in [-0.4, -0.2) is 25.0 Å². The molecule has 2 heterocycles. The average Bonchev–Trinajstić information content (AvgIpc) is 2.66. The number of hydrogen-bond acceptors (Lipinski definition) is 3. The normalized spacial score (nSPS) is 17.6. The Morgan fingerprint density at radius 3 is 2.64 bits per heavy atom. The van der Waals surface area contributed by atoms with E-state index < -0.39 is 0 Å². The SMILES string of the molecule is CC(C(=O)N1CCCc2ccccc21)N1CCCc2c(N)cccc21. The summed E-state index contributed by atoms with van der Waals surface area (Å²) in [7, 11) is 0. The van der Waals surface area contributed by atoms with Gasteiger partial charge in [0.2, 0.25) is 5.91 Å². The number of carbonyl (C=O) groups excluding carboxylic acids is 1. The standard InChI is InChI=1S/C21H25N3O/c1-15(23-13-6-9-17-18(22)10-4-12-20(17)23)21(25)24-14-5-8-16-7-2-3-11-19(16)24/h2-4,7,10-12,15H,5-6,8-9,13-14,22H2,1H3. The van der Waals surface area contributed by atoms with E-state index in [0.29, 0.717) is 0 Å². The Morgan fingerprint density at radius 2 is 1.76 bits per heavy atom. The first kappa shape index (κ1) is 16.0. The summed E-state index contributed by atoms with van der Waals surface area (Å²) in [6, 6.07) is 14.1. The molecule has 0 spiro atoms. The second kappa shape index (κ2) is 6.43. The molecule has 2 aromatic rings. The quantitative estimate of drug-likeness (QED) is 0.856. The van der Waals surface area contributed by atoms with Gasteiger partial charge in [-0.15, -0.1) is 0 Å². The molecule has 0 saturated heterocycles. The number of anilines is 3. The van der Waals surface area contributed by atoms with Crippen LogP contribution in [0.25, 0.3) is 0 Å². The van der Waals surface area contributed by atoms with Crippen LogP contribution >= 0.6 is 0 Å². The van der Waals surface area contributed by atoms with Crippen molar-refractivity contribution in [2.75, 3.05) is 28.6 Å². The van der Waals surface area contributed by atoms with Crippen LogP contribution in [0.1, 0.15) is 30.9 Å². The number of hydrogen-bond donors (Lipinski definition) is 1. The third kappa shape index (κ3) is 2.76. The van der Waals surface area contributed by atoms with Gasteiger partial charge in [-0.05, 0) is 61.9 Å². The number of aryl methyl sites for hydroxylation is 1. The second-order valence-corrected chi connectivity index (χ2v) is 7.04. The van der Waals surface area contributed by atoms with Crippen molar-refractivity contribution < 1.29 is 4.79 Å². The number of fused-ring (bicyclic) bond motifs is 2. The average molecular weight is 335 g/mol. The summed E-state index contributed by atoms with van der Waals surface area (Å²) in [4.78, 5) is 17.5. The van der Waals surface area contributed by atoms with Gasteiger partial charge in [-0.25, -0.2) is 0 Å². The number of benzene rings is 2. The number of para-hydroxylation sites is 1. The monoisotopic (exact) mass is 335 g/mol. The molecule has 4 nitrogen and oxygen atoms in total. The largest absolute Gasteiger partial charge is 0.398 e. The molecular weight excluding hydrogens is 310 g/mol. The van der Waals surface area contributed by atoms with E-state index in [9.17, 15) is 4.79 Å². The molecule has 0 aromatic heterocycles. The lowest BCUT2D eigenvalue weighted by Crippen LogP contribution is -2.50. The van der Waals surface area contributed by atoms with E-state index in [4.69, 9.17) is 5.73 Å². The van der Waals surface area contributed by atoms with Crippen LogP contribution in [0, 0.1) is 0 Å². The Labute approximate surface area is 149 Å². The van der Waals surface area contributed by atoms with Crippen LogP contribution in [0.15, 0.2) is 42.5 Å². The van der Waals surface area contributed by atoms with Gasteiger partial charge < -0.3 is 15.5 Å². The second-order valence-electron chi connectivity index (χ2n) is 7.04. The van der Waals surface area contributed by atoms with Gasteiger partial charge in [-0.1, -0.05) is 24.3 Å². The van der Waals surface area contributed by atoms with Crippen LogP contribution < -0.4 is 15.5 Å². The van der Waals surface area contributed by atoms with Gasteiger partial charge in [0.1, 0.15) is 6.04 Å². The Kier molecular flexibility index (Phi) is 4.12. The molecule has 1 unspecified atom stereocenters. The molecule has 2 aliphatic heterocycles. The van der Waals surface area contributed by atoms with Crippen molar-refractivity contribution in [2.24, 2.45) is 0 Å². The van der Waals surface area contributed by atoms with Crippen LogP contribution in [0.3, 0.4) is 0 Å². The molecule has 2 aliphatic rings. The Bertz CT molecular complexity index is 801. The van der Waals surface area contributed by atoms with Crippen LogP contribution in [0.2, 0.25) is 0 Å². The minimum absolute atomic E-state index is 0.183. The Balaban J connectivity index is 1.64. The predicted octanol–water partition coefficient (Wildman–Crippen LogP) is 3.39. The molecule has 0 radical (unpaired) electrons. The van der Waals surface area contributed by atoms with Gasteiger partial charge in [-0.3, -0.25) is 4.79 Å². The minimum atomic E-state index is -0.188. The summed E-state index contributed by atoms with van der Waals surface area (Å²) in [6.45, 7) is 3.73. The van der Waals surface area contributed by atoms with Crippen molar-refractivity contribution in [2.45, 2.75) is 38.6 Å². The molecule has 0 bridgehead atoms. The summed E-state index contributed by atoms with van der Waals surface area (Å²) >= 11 is 0. The van der Waals surface area contributed by atoms with Crippen molar-refractivity contribution in [1.29, 1.82) is 0 Å². The number of amides is 1. The zero-order valence-corrected chi connectivity index (χ0v) is 14.7. The number of carbonyl (C=O) groups is 1. The zero-order valence-electron chi connectivity index (χ0n) is 14.7. The number of nitrogens with zero attached hydrogens (tertiary/aromatic N) is 2. The molecule has 0 fully saturated rings. The van der Waals surface area contributed by atoms with E-state index in [1.165, 1.54) is 11.1 Å². The topological polar surface area (TPSA) is 49.6 Å². The van der Waals surface area contributed by atoms with Gasteiger partial charge in [0.25, 0.3) is 0 Å². The smallest absolute Gasteiger partial charge is 0.249 e. The highest BCUT2D eigenvalue weighted by molar-refractivity contribution is 6.00. The molecule has 0 aliphatic carbocycles. The molecular formula is C21H25N3O. The van der Waals surface area contributed by atoms with Gasteiger partial charge in [0, 0.05) is 30.2 Å². The van der Waals surface area contributed by atoms with Crippen LogP contribution in [-0.2, 0) is 17.6 Å². The lowest BCUT2D eigenvalue weighted by Gasteiger charge is -2.39. The summed E-state index contributed by atoms with van der Waals surface area (Å²) in [5, 5.41) is 0. The van der Waals surface area contributed by atoms with Gasteiger partial charge in [0.05, 0.1) is 0 Å². The first-order chi connectivity index (χ1) is 12.2. The highest BCUT2D eigenvalue weighted by Crippen LogP contribution is 2.34.